The van der Waals surface area contributed by atoms with Crippen LogP contribution in [0.3, 0.4) is 0 Å². The van der Waals surface area contributed by atoms with E-state index in [1.807, 2.05) is 18.2 Å². The van der Waals surface area contributed by atoms with E-state index in [0.29, 0.717) is 26.1 Å². The van der Waals surface area contributed by atoms with Crippen molar-refractivity contribution in [3.05, 3.63) is 61.5 Å². The highest BCUT2D eigenvalue weighted by molar-refractivity contribution is 6.43. The first-order valence-corrected chi connectivity index (χ1v) is 12.1. The summed E-state index contributed by atoms with van der Waals surface area (Å²) < 4.78 is 0. The van der Waals surface area contributed by atoms with E-state index in [-0.39, 0.29) is 0 Å². The fourth-order valence-corrected chi connectivity index (χ4v) is 5.39. The summed E-state index contributed by atoms with van der Waals surface area (Å²) in [5.74, 6) is 0. The SMILES string of the molecule is CC1c2cc(Cl)c(Cl)cc2CCN1CCCN1CCN(c2cccc(Cl)c2Cl)CC1. The molecule has 0 saturated carbocycles. The zero-order valence-corrected chi connectivity index (χ0v) is 20.2. The predicted molar refractivity (Wildman–Crippen MR) is 130 cm³/mol. The summed E-state index contributed by atoms with van der Waals surface area (Å²) in [4.78, 5) is 7.45. The zero-order valence-electron chi connectivity index (χ0n) is 17.2. The van der Waals surface area contributed by atoms with Gasteiger partial charge in [-0.25, -0.2) is 0 Å². The van der Waals surface area contributed by atoms with Gasteiger partial charge >= 0.3 is 0 Å². The molecule has 1 atom stereocenters. The van der Waals surface area contributed by atoms with Crippen LogP contribution in [0.4, 0.5) is 5.69 Å². The first kappa shape index (κ1) is 22.5. The predicted octanol–water partition coefficient (Wildman–Crippen LogP) is 6.43. The van der Waals surface area contributed by atoms with Gasteiger partial charge in [-0.3, -0.25) is 9.80 Å². The third-order valence-electron chi connectivity index (χ3n) is 6.41. The molecule has 3 nitrogen and oxygen atoms in total. The Morgan fingerprint density at radius 2 is 1.60 bits per heavy atom. The lowest BCUT2D eigenvalue weighted by atomic mass is 9.93. The first-order chi connectivity index (χ1) is 14.4. The molecule has 1 saturated heterocycles. The Morgan fingerprint density at radius 1 is 0.867 bits per heavy atom. The average molecular weight is 487 g/mol. The summed E-state index contributed by atoms with van der Waals surface area (Å²) in [7, 11) is 0. The summed E-state index contributed by atoms with van der Waals surface area (Å²) in [6.07, 6.45) is 2.20. The van der Waals surface area contributed by atoms with E-state index >= 15 is 0 Å². The molecule has 0 spiro atoms. The molecule has 0 amide bonds. The zero-order chi connectivity index (χ0) is 21.3. The first-order valence-electron chi connectivity index (χ1n) is 10.6. The van der Waals surface area contributed by atoms with Crippen LogP contribution >= 0.6 is 46.4 Å². The molecule has 2 aromatic rings. The highest BCUT2D eigenvalue weighted by Crippen LogP contribution is 2.35. The molecule has 0 N–H and O–H groups in total. The molecule has 1 fully saturated rings. The Morgan fingerprint density at radius 3 is 2.37 bits per heavy atom. The lowest BCUT2D eigenvalue weighted by molar-refractivity contribution is 0.176. The van der Waals surface area contributed by atoms with Gasteiger partial charge in [0.1, 0.15) is 0 Å². The molecule has 0 aromatic heterocycles. The molecule has 2 aliphatic heterocycles. The van der Waals surface area contributed by atoms with Gasteiger partial charge in [-0.2, -0.15) is 0 Å². The van der Waals surface area contributed by atoms with Gasteiger partial charge in [-0.1, -0.05) is 52.5 Å². The Labute approximate surface area is 199 Å². The maximum Gasteiger partial charge on any atom is 0.0825 e. The van der Waals surface area contributed by atoms with Crippen LogP contribution in [-0.4, -0.2) is 55.6 Å². The van der Waals surface area contributed by atoms with Crippen molar-refractivity contribution < 1.29 is 0 Å². The number of rotatable bonds is 5. The molecule has 2 aliphatic rings. The Bertz CT molecular complexity index is 896. The molecular weight excluding hydrogens is 460 g/mol. The number of nitrogens with zero attached hydrogens (tertiary/aromatic N) is 3. The number of hydrogen-bond donors (Lipinski definition) is 0. The van der Waals surface area contributed by atoms with Gasteiger partial charge in [0.05, 0.1) is 25.8 Å². The van der Waals surface area contributed by atoms with Gasteiger partial charge in [0.15, 0.2) is 0 Å². The average Bonchev–Trinajstić information content (AvgIpc) is 2.74. The molecule has 30 heavy (non-hydrogen) atoms. The number of fused-ring (bicyclic) bond motifs is 1. The summed E-state index contributed by atoms with van der Waals surface area (Å²) in [6.45, 7) is 9.63. The normalized spacial score (nSPS) is 20.4. The van der Waals surface area contributed by atoms with E-state index in [0.717, 1.165) is 57.9 Å². The van der Waals surface area contributed by atoms with Gasteiger partial charge in [0.2, 0.25) is 0 Å². The maximum absolute atomic E-state index is 6.39. The van der Waals surface area contributed by atoms with E-state index in [2.05, 4.69) is 33.8 Å². The van der Waals surface area contributed by atoms with E-state index in [1.54, 1.807) is 0 Å². The molecule has 0 aliphatic carbocycles. The van der Waals surface area contributed by atoms with E-state index in [4.69, 9.17) is 46.4 Å². The van der Waals surface area contributed by atoms with Crippen molar-refractivity contribution in [1.82, 2.24) is 9.80 Å². The topological polar surface area (TPSA) is 9.72 Å². The number of halogens is 4. The molecule has 1 unspecified atom stereocenters. The highest BCUT2D eigenvalue weighted by Gasteiger charge is 2.25. The minimum Gasteiger partial charge on any atom is -0.368 e. The summed E-state index contributed by atoms with van der Waals surface area (Å²) in [5.41, 5.74) is 3.70. The molecule has 0 radical (unpaired) electrons. The van der Waals surface area contributed by atoms with Gasteiger partial charge in [0, 0.05) is 38.8 Å². The number of benzene rings is 2. The van der Waals surface area contributed by atoms with Crippen LogP contribution in [0.1, 0.15) is 30.5 Å². The lowest BCUT2D eigenvalue weighted by Gasteiger charge is -2.38. The van der Waals surface area contributed by atoms with Crippen molar-refractivity contribution in [2.75, 3.05) is 50.7 Å². The minimum absolute atomic E-state index is 0.380. The van der Waals surface area contributed by atoms with E-state index in [9.17, 15) is 0 Å². The Kier molecular flexibility index (Phi) is 7.39. The highest BCUT2D eigenvalue weighted by atomic mass is 35.5. The van der Waals surface area contributed by atoms with Crippen molar-refractivity contribution in [2.45, 2.75) is 25.8 Å². The summed E-state index contributed by atoms with van der Waals surface area (Å²) in [5, 5.41) is 2.60. The molecule has 162 valence electrons. The van der Waals surface area contributed by atoms with Crippen LogP contribution in [-0.2, 0) is 6.42 Å². The standard InChI is InChI=1S/C23H27Cl4N3/c1-16-18-15-21(26)20(25)14-17(18)6-9-29(16)8-3-7-28-10-12-30(13-11-28)22-5-2-4-19(24)23(22)27/h2,4-5,14-16H,3,6-13H2,1H3. The van der Waals surface area contributed by atoms with Crippen molar-refractivity contribution in [3.8, 4) is 0 Å². The lowest BCUT2D eigenvalue weighted by Crippen LogP contribution is -2.47. The smallest absolute Gasteiger partial charge is 0.0825 e. The third kappa shape index (κ3) is 4.87. The van der Waals surface area contributed by atoms with Crippen molar-refractivity contribution in [3.63, 3.8) is 0 Å². The van der Waals surface area contributed by atoms with Crippen LogP contribution in [0.25, 0.3) is 0 Å². The van der Waals surface area contributed by atoms with E-state index in [1.165, 1.54) is 17.5 Å². The molecule has 4 rings (SSSR count). The van der Waals surface area contributed by atoms with Crippen molar-refractivity contribution in [2.24, 2.45) is 0 Å². The monoisotopic (exact) mass is 485 g/mol. The van der Waals surface area contributed by atoms with Crippen LogP contribution in [0.2, 0.25) is 20.1 Å². The fourth-order valence-electron chi connectivity index (χ4n) is 4.62. The van der Waals surface area contributed by atoms with Crippen molar-refractivity contribution >= 4 is 52.1 Å². The number of anilines is 1. The number of piperazine rings is 1. The second kappa shape index (κ2) is 9.85. The summed E-state index contributed by atoms with van der Waals surface area (Å²) >= 11 is 25.0. The van der Waals surface area contributed by atoms with Crippen molar-refractivity contribution in [1.29, 1.82) is 0 Å². The van der Waals surface area contributed by atoms with Crippen LogP contribution in [0.15, 0.2) is 30.3 Å². The molecule has 2 heterocycles. The summed E-state index contributed by atoms with van der Waals surface area (Å²) in [6, 6.07) is 10.3. The molecule has 0 bridgehead atoms. The fraction of sp³-hybridized carbons (Fsp3) is 0.478. The second-order valence-corrected chi connectivity index (χ2v) is 9.78. The third-order valence-corrected chi connectivity index (χ3v) is 7.94. The Hall–Kier alpha value is -0.680. The number of hydrogen-bond acceptors (Lipinski definition) is 3. The molecular formula is C23H27Cl4N3. The van der Waals surface area contributed by atoms with Crippen LogP contribution in [0, 0.1) is 0 Å². The minimum atomic E-state index is 0.380. The maximum atomic E-state index is 6.39. The van der Waals surface area contributed by atoms with Crippen LogP contribution in [0.5, 0.6) is 0 Å². The largest absolute Gasteiger partial charge is 0.368 e. The molecule has 7 heteroatoms. The van der Waals surface area contributed by atoms with Gasteiger partial charge in [0.25, 0.3) is 0 Å². The second-order valence-electron chi connectivity index (χ2n) is 8.18. The van der Waals surface area contributed by atoms with Crippen LogP contribution < -0.4 is 4.90 Å². The van der Waals surface area contributed by atoms with Gasteiger partial charge in [-0.05, 0) is 68.2 Å². The van der Waals surface area contributed by atoms with E-state index < -0.39 is 0 Å². The van der Waals surface area contributed by atoms with Gasteiger partial charge in [-0.15, -0.1) is 0 Å². The van der Waals surface area contributed by atoms with Gasteiger partial charge < -0.3 is 4.90 Å². The quantitative estimate of drug-likeness (QED) is 0.481. The Balaban J connectivity index is 1.26. The molecule has 2 aromatic carbocycles.